The van der Waals surface area contributed by atoms with Crippen LogP contribution in [0.1, 0.15) is 6.92 Å². The van der Waals surface area contributed by atoms with Gasteiger partial charge in [-0.1, -0.05) is 23.7 Å². The van der Waals surface area contributed by atoms with Gasteiger partial charge in [0.15, 0.2) is 0 Å². The van der Waals surface area contributed by atoms with Crippen LogP contribution in [0.15, 0.2) is 24.3 Å². The van der Waals surface area contributed by atoms with Crippen LogP contribution in [0, 0.1) is 0 Å². The zero-order valence-electron chi connectivity index (χ0n) is 10.4. The van der Waals surface area contributed by atoms with Gasteiger partial charge in [-0.05, 0) is 19.1 Å². The average molecular weight is 268 g/mol. The molecule has 0 radical (unpaired) electrons. The fourth-order valence-corrected chi connectivity index (χ4v) is 2.24. The predicted octanol–water partition coefficient (Wildman–Crippen LogP) is 1.57. The first-order chi connectivity index (χ1) is 8.66. The lowest BCUT2D eigenvalue weighted by Crippen LogP contribution is -2.51. The summed E-state index contributed by atoms with van der Waals surface area (Å²) >= 11 is 6.00. The molecule has 1 aromatic rings. The first kappa shape index (κ1) is 13.3. The largest absolute Gasteiger partial charge is 0.324 e. The van der Waals surface area contributed by atoms with Crippen molar-refractivity contribution < 1.29 is 4.79 Å². The first-order valence-corrected chi connectivity index (χ1v) is 6.54. The van der Waals surface area contributed by atoms with Crippen LogP contribution >= 0.6 is 11.6 Å². The van der Waals surface area contributed by atoms with Crippen LogP contribution in [0.4, 0.5) is 5.69 Å². The highest BCUT2D eigenvalue weighted by Gasteiger charge is 2.20. The molecule has 2 N–H and O–H groups in total. The number of anilines is 1. The zero-order chi connectivity index (χ0) is 13.0. The number of rotatable bonds is 3. The molecule has 1 atom stereocenters. The third-order valence-corrected chi connectivity index (χ3v) is 3.46. The number of carbonyl (C=O) groups is 1. The first-order valence-electron chi connectivity index (χ1n) is 6.16. The van der Waals surface area contributed by atoms with Crippen molar-refractivity contribution in [2.45, 2.75) is 13.0 Å². The molecule has 1 aliphatic heterocycles. The Hall–Kier alpha value is -1.10. The maximum absolute atomic E-state index is 11.9. The summed E-state index contributed by atoms with van der Waals surface area (Å²) in [5.41, 5.74) is 0.673. The fraction of sp³-hybridized carbons (Fsp3) is 0.462. The van der Waals surface area contributed by atoms with Gasteiger partial charge >= 0.3 is 0 Å². The molecule has 0 spiro atoms. The van der Waals surface area contributed by atoms with Gasteiger partial charge < -0.3 is 10.6 Å². The van der Waals surface area contributed by atoms with E-state index in [4.69, 9.17) is 11.6 Å². The van der Waals surface area contributed by atoms with Gasteiger partial charge in [-0.25, -0.2) is 0 Å². The molecule has 2 rings (SSSR count). The average Bonchev–Trinajstić information content (AvgIpc) is 2.35. The van der Waals surface area contributed by atoms with Crippen molar-refractivity contribution >= 4 is 23.2 Å². The molecular formula is C13H18ClN3O. The molecule has 0 bridgehead atoms. The Balaban J connectivity index is 1.90. The maximum atomic E-state index is 11.9. The lowest BCUT2D eigenvalue weighted by atomic mass is 10.2. The van der Waals surface area contributed by atoms with E-state index >= 15 is 0 Å². The van der Waals surface area contributed by atoms with Crippen molar-refractivity contribution in [2.24, 2.45) is 0 Å². The van der Waals surface area contributed by atoms with E-state index in [1.807, 2.05) is 12.1 Å². The van der Waals surface area contributed by atoms with Crippen molar-refractivity contribution in [3.63, 3.8) is 0 Å². The van der Waals surface area contributed by atoms with E-state index in [0.717, 1.165) is 19.6 Å². The summed E-state index contributed by atoms with van der Waals surface area (Å²) in [6.07, 6.45) is 0. The van der Waals surface area contributed by atoms with E-state index in [9.17, 15) is 4.79 Å². The van der Waals surface area contributed by atoms with E-state index in [-0.39, 0.29) is 5.91 Å². The topological polar surface area (TPSA) is 44.4 Å². The Morgan fingerprint density at radius 2 is 2.33 bits per heavy atom. The molecule has 0 saturated carbocycles. The van der Waals surface area contributed by atoms with Crippen molar-refractivity contribution in [3.8, 4) is 0 Å². The van der Waals surface area contributed by atoms with Crippen molar-refractivity contribution in [1.82, 2.24) is 10.2 Å². The normalized spacial score (nSPS) is 20.7. The fourth-order valence-electron chi connectivity index (χ4n) is 2.05. The number of para-hydroxylation sites is 1. The summed E-state index contributed by atoms with van der Waals surface area (Å²) in [5.74, 6) is -0.0168. The molecule has 1 amide bonds. The Kier molecular flexibility index (Phi) is 4.58. The standard InChI is InChI=1S/C13H18ClN3O/c1-10-8-15-6-7-17(10)9-13(18)16-12-5-3-2-4-11(12)14/h2-5,10,15H,6-9H2,1H3,(H,16,18)/t10-/m0/s1. The minimum atomic E-state index is -0.0168. The summed E-state index contributed by atoms with van der Waals surface area (Å²) in [4.78, 5) is 14.1. The quantitative estimate of drug-likeness (QED) is 0.874. The Bertz CT molecular complexity index is 424. The molecule has 98 valence electrons. The SMILES string of the molecule is C[C@H]1CNCCN1CC(=O)Nc1ccccc1Cl. The van der Waals surface area contributed by atoms with E-state index in [1.165, 1.54) is 0 Å². The number of piperazine rings is 1. The van der Waals surface area contributed by atoms with Gasteiger partial charge in [0, 0.05) is 25.7 Å². The van der Waals surface area contributed by atoms with Crippen LogP contribution in [0.3, 0.4) is 0 Å². The Labute approximate surface area is 112 Å². The Morgan fingerprint density at radius 3 is 3.06 bits per heavy atom. The molecular weight excluding hydrogens is 250 g/mol. The molecule has 5 heteroatoms. The van der Waals surface area contributed by atoms with Crippen molar-refractivity contribution in [3.05, 3.63) is 29.3 Å². The van der Waals surface area contributed by atoms with Crippen LogP contribution in [-0.2, 0) is 4.79 Å². The second-order valence-corrected chi connectivity index (χ2v) is 4.96. The molecule has 1 saturated heterocycles. The molecule has 18 heavy (non-hydrogen) atoms. The lowest BCUT2D eigenvalue weighted by Gasteiger charge is -2.33. The van der Waals surface area contributed by atoms with Gasteiger partial charge in [0.1, 0.15) is 0 Å². The summed E-state index contributed by atoms with van der Waals surface area (Å²) in [6.45, 7) is 5.29. The van der Waals surface area contributed by atoms with Gasteiger partial charge in [-0.15, -0.1) is 0 Å². The molecule has 0 aromatic heterocycles. The smallest absolute Gasteiger partial charge is 0.238 e. The molecule has 1 heterocycles. The zero-order valence-corrected chi connectivity index (χ0v) is 11.2. The highest BCUT2D eigenvalue weighted by Crippen LogP contribution is 2.20. The maximum Gasteiger partial charge on any atom is 0.238 e. The second kappa shape index (κ2) is 6.18. The molecule has 1 aliphatic rings. The van der Waals surface area contributed by atoms with Gasteiger partial charge in [0.25, 0.3) is 0 Å². The minimum Gasteiger partial charge on any atom is -0.324 e. The highest BCUT2D eigenvalue weighted by molar-refractivity contribution is 6.33. The number of carbonyl (C=O) groups excluding carboxylic acids is 1. The number of nitrogens with one attached hydrogen (secondary N) is 2. The lowest BCUT2D eigenvalue weighted by molar-refractivity contribution is -0.118. The van der Waals surface area contributed by atoms with E-state index < -0.39 is 0 Å². The van der Waals surface area contributed by atoms with Gasteiger partial charge in [-0.2, -0.15) is 0 Å². The van der Waals surface area contributed by atoms with Crippen LogP contribution < -0.4 is 10.6 Å². The number of amides is 1. The molecule has 0 aliphatic carbocycles. The Morgan fingerprint density at radius 1 is 1.56 bits per heavy atom. The summed E-state index contributed by atoms with van der Waals surface area (Å²) in [7, 11) is 0. The minimum absolute atomic E-state index is 0.0168. The third-order valence-electron chi connectivity index (χ3n) is 3.13. The molecule has 1 aromatic carbocycles. The number of benzene rings is 1. The van der Waals surface area contributed by atoms with Crippen LogP contribution in [0.25, 0.3) is 0 Å². The number of hydrogen-bond acceptors (Lipinski definition) is 3. The summed E-state index contributed by atoms with van der Waals surface area (Å²) < 4.78 is 0. The number of nitrogens with zero attached hydrogens (tertiary/aromatic N) is 1. The molecule has 0 unspecified atom stereocenters. The van der Waals surface area contributed by atoms with E-state index in [1.54, 1.807) is 12.1 Å². The van der Waals surface area contributed by atoms with E-state index in [0.29, 0.717) is 23.3 Å². The number of hydrogen-bond donors (Lipinski definition) is 2. The van der Waals surface area contributed by atoms with Gasteiger partial charge in [-0.3, -0.25) is 9.69 Å². The van der Waals surface area contributed by atoms with Crippen molar-refractivity contribution in [2.75, 3.05) is 31.5 Å². The number of halogens is 1. The van der Waals surface area contributed by atoms with Crippen LogP contribution in [-0.4, -0.2) is 43.0 Å². The molecule has 1 fully saturated rings. The highest BCUT2D eigenvalue weighted by atomic mass is 35.5. The van der Waals surface area contributed by atoms with Gasteiger partial charge in [0.2, 0.25) is 5.91 Å². The van der Waals surface area contributed by atoms with Crippen molar-refractivity contribution in [1.29, 1.82) is 0 Å². The second-order valence-electron chi connectivity index (χ2n) is 4.55. The van der Waals surface area contributed by atoms with Crippen LogP contribution in [0.2, 0.25) is 5.02 Å². The predicted molar refractivity (Wildman–Crippen MR) is 74.0 cm³/mol. The monoisotopic (exact) mass is 267 g/mol. The third kappa shape index (κ3) is 3.45. The summed E-state index contributed by atoms with van der Waals surface area (Å²) in [5, 5.41) is 6.72. The summed E-state index contributed by atoms with van der Waals surface area (Å²) in [6, 6.07) is 7.66. The van der Waals surface area contributed by atoms with E-state index in [2.05, 4.69) is 22.5 Å². The van der Waals surface area contributed by atoms with Gasteiger partial charge in [0.05, 0.1) is 17.3 Å². The van der Waals surface area contributed by atoms with Crippen LogP contribution in [0.5, 0.6) is 0 Å². The molecule has 4 nitrogen and oxygen atoms in total.